The van der Waals surface area contributed by atoms with Gasteiger partial charge in [0.1, 0.15) is 67.1 Å². The molecule has 6 aliphatic rings. The fourth-order valence-electron chi connectivity index (χ4n) is 12.5. The SMILES string of the molecule is C=CC[C@H]1O[C@H](CC)[C@@H](C)[C@H](O[C@H]2O[C@H](CC)[C@@H](C)[C@H](C)[C@@H]2OC(C)=O)[C@@H]1OC(C)=O.C=CC[C@H]1O[C@H](CO)[C@@H](O)[C@H](O[C@H]2O[C@H](CO)[C@@H](O)[C@H](O)[C@@H]2O)[C@@H]1O.CC[C@H]1O[C@H](O[C@H]2[C@H](C)[C@@H](CC)O[C@H](OC(C)=O)[C@H]2OC(C)=O)[C@@H](OC(C)=O)[C@@H](C)[C@@H]1C.I.II. The zero-order valence-electron chi connectivity index (χ0n) is 55.1. The Hall–Kier alpha value is -1.62. The number of hydrogen-bond acceptors (Lipinski definition) is 26. The van der Waals surface area contributed by atoms with Crippen LogP contribution < -0.4 is 0 Å². The minimum atomic E-state index is -1.68. The van der Waals surface area contributed by atoms with Gasteiger partial charge in [-0.05, 0) is 50.4 Å². The number of carbonyl (C=O) groups excluding carboxylic acids is 5. The first-order valence-electron chi connectivity index (χ1n) is 31.2. The van der Waals surface area contributed by atoms with E-state index in [9.17, 15) is 59.7 Å². The molecular weight excluding hydrogens is 1540 g/mol. The van der Waals surface area contributed by atoms with Gasteiger partial charge in [-0.1, -0.05) is 81.4 Å². The zero-order chi connectivity index (χ0) is 68.2. The van der Waals surface area contributed by atoms with Crippen LogP contribution >= 0.6 is 61.2 Å². The van der Waals surface area contributed by atoms with Crippen LogP contribution in [0.15, 0.2) is 25.3 Å². The summed E-state index contributed by atoms with van der Waals surface area (Å²) in [5.74, 6) is -2.17. The number of carbonyl (C=O) groups is 5. The summed E-state index contributed by atoms with van der Waals surface area (Å²) in [6, 6.07) is 0. The first-order chi connectivity index (χ1) is 42.5. The molecule has 0 amide bonds. The highest BCUT2D eigenvalue weighted by atomic mass is 128. The summed E-state index contributed by atoms with van der Waals surface area (Å²) in [5, 5.41) is 68.7. The van der Waals surface area contributed by atoms with Crippen molar-refractivity contribution in [1.29, 1.82) is 0 Å². The van der Waals surface area contributed by atoms with E-state index in [0.29, 0.717) is 12.8 Å². The summed E-state index contributed by atoms with van der Waals surface area (Å²) in [4.78, 5) is 59.1. The topological polar surface area (TPSA) is 356 Å². The van der Waals surface area contributed by atoms with Crippen molar-refractivity contribution in [1.82, 2.24) is 0 Å². The maximum absolute atomic E-state index is 11.9. The van der Waals surface area contributed by atoms with Crippen molar-refractivity contribution in [3.8, 4) is 0 Å². The lowest BCUT2D eigenvalue weighted by Crippen LogP contribution is -2.64. The molecule has 6 saturated heterocycles. The van der Waals surface area contributed by atoms with Crippen LogP contribution in [0.3, 0.4) is 0 Å². The van der Waals surface area contributed by atoms with Gasteiger partial charge < -0.3 is 102 Å². The standard InChI is InChI=1S/C24H40O7.C23H38O9.C15H26O10.I2.HI/c1-9-12-20-23(28-17(8)26)21(15(6)19(11-3)29-20)31-24-22(27-16(7)25)14(5)13(4)18(10-2)30-24;1-9-17-11(3)12(4)20(27-14(6)24)22(30-17)32-19-13(5)18(10-2)31-23(29-16(8)26)21(19)28-15(7)25;1-2-3-6-10(19)14(11(20)8(5-17)23-6)25-15-13(22)12(21)9(18)7(4-16)24-15;1-2;/h9,13-15,18-24H,1,10-12H2,2-8H3;11-13,17-23H,9-10H2,1-8H3;2,6-22H,1,3-5H2;;1H/t13-,14-,15+,18+,19+,20+,21-,22-,23+,24+;11-,12-,13+,17+,18+,19-,20-,21-,22+,23-;6-,7-,8-,9-,10-,11-,12+,13+,14-,15-;;/m001../s1. The van der Waals surface area contributed by atoms with Crippen LogP contribution in [0.25, 0.3) is 0 Å². The summed E-state index contributed by atoms with van der Waals surface area (Å²) in [5.41, 5.74) is 0. The molecule has 0 aromatic carbocycles. The number of aliphatic hydroxyl groups is 7. The highest BCUT2D eigenvalue weighted by Gasteiger charge is 2.55. The number of rotatable bonds is 21. The third kappa shape index (κ3) is 23.3. The molecule has 29 heteroatoms. The Balaban J connectivity index is 0.000000459. The molecule has 0 radical (unpaired) electrons. The van der Waals surface area contributed by atoms with E-state index in [1.807, 2.05) is 34.6 Å². The minimum Gasteiger partial charge on any atom is -0.457 e. The van der Waals surface area contributed by atoms with Crippen LogP contribution in [0.5, 0.6) is 0 Å². The van der Waals surface area contributed by atoms with Gasteiger partial charge in [0.15, 0.2) is 43.3 Å². The molecule has 91 heavy (non-hydrogen) atoms. The quantitative estimate of drug-likeness (QED) is 0.0317. The molecule has 0 saturated carbocycles. The van der Waals surface area contributed by atoms with Crippen LogP contribution in [0, 0.1) is 35.5 Å². The average Bonchev–Trinajstić information content (AvgIpc) is 0.829. The van der Waals surface area contributed by atoms with E-state index in [4.69, 9.17) is 66.3 Å². The number of ether oxygens (including phenoxy) is 14. The third-order valence-corrected chi connectivity index (χ3v) is 17.8. The molecule has 0 bridgehead atoms. The lowest BCUT2D eigenvalue weighted by molar-refractivity contribution is -0.341. The number of halogens is 3. The smallest absolute Gasteiger partial charge is 0.305 e. The fourth-order valence-corrected chi connectivity index (χ4v) is 12.5. The molecule has 0 aromatic rings. The second kappa shape index (κ2) is 41.6. The van der Waals surface area contributed by atoms with E-state index in [-0.39, 0.29) is 102 Å². The molecule has 0 unspecified atom stereocenters. The zero-order valence-corrected chi connectivity index (χ0v) is 61.7. The maximum atomic E-state index is 11.9. The van der Waals surface area contributed by atoms with E-state index >= 15 is 0 Å². The van der Waals surface area contributed by atoms with Gasteiger partial charge in [0.25, 0.3) is 0 Å². The summed E-state index contributed by atoms with van der Waals surface area (Å²) >= 11 is 4.24. The van der Waals surface area contributed by atoms with E-state index in [2.05, 4.69) is 85.0 Å². The van der Waals surface area contributed by atoms with Crippen molar-refractivity contribution in [2.24, 2.45) is 35.5 Å². The normalized spacial score (nSPS) is 41.2. The lowest BCUT2D eigenvalue weighted by Gasteiger charge is -2.49. The molecule has 0 aliphatic carbocycles. The van der Waals surface area contributed by atoms with Crippen molar-refractivity contribution >= 4 is 91.1 Å². The molecule has 30 atom stereocenters. The maximum Gasteiger partial charge on any atom is 0.305 e. The Morgan fingerprint density at radius 1 is 0.363 bits per heavy atom. The summed E-state index contributed by atoms with van der Waals surface area (Å²) in [6.45, 7) is 33.2. The van der Waals surface area contributed by atoms with Crippen molar-refractivity contribution in [2.45, 2.75) is 290 Å². The van der Waals surface area contributed by atoms with Crippen LogP contribution in [-0.4, -0.2) is 226 Å². The van der Waals surface area contributed by atoms with Gasteiger partial charge in [-0.2, -0.15) is 0 Å². The second-order valence-corrected chi connectivity index (χ2v) is 24.0. The third-order valence-electron chi connectivity index (χ3n) is 17.8. The second-order valence-electron chi connectivity index (χ2n) is 24.0. The Bertz CT molecular complexity index is 2200. The summed E-state index contributed by atoms with van der Waals surface area (Å²) in [6.07, 6.45) is -14.0. The number of esters is 5. The molecule has 7 N–H and O–H groups in total. The predicted molar refractivity (Wildman–Crippen MR) is 354 cm³/mol. The molecule has 6 aliphatic heterocycles. The van der Waals surface area contributed by atoms with Gasteiger partial charge in [-0.15, -0.1) is 37.1 Å². The van der Waals surface area contributed by atoms with E-state index in [1.54, 1.807) is 6.08 Å². The Morgan fingerprint density at radius 3 is 1.09 bits per heavy atom. The molecule has 530 valence electrons. The summed E-state index contributed by atoms with van der Waals surface area (Å²) < 4.78 is 81.5. The monoisotopic (exact) mass is 1650 g/mol. The first-order valence-corrected chi connectivity index (χ1v) is 37.5. The summed E-state index contributed by atoms with van der Waals surface area (Å²) in [7, 11) is 0. The lowest BCUT2D eigenvalue weighted by atomic mass is 9.82. The van der Waals surface area contributed by atoms with E-state index in [1.165, 1.54) is 40.7 Å². The van der Waals surface area contributed by atoms with Crippen molar-refractivity contribution in [3.63, 3.8) is 0 Å². The highest BCUT2D eigenvalue weighted by molar-refractivity contribution is 15.0. The molecule has 6 rings (SSSR count). The van der Waals surface area contributed by atoms with E-state index in [0.717, 1.165) is 19.3 Å². The molecule has 0 aromatic heterocycles. The van der Waals surface area contributed by atoms with Gasteiger partial charge in [0, 0.05) is 95.5 Å². The van der Waals surface area contributed by atoms with Crippen LogP contribution in [-0.2, 0) is 90.3 Å². The largest absolute Gasteiger partial charge is 0.457 e. The Labute approximate surface area is 576 Å². The van der Waals surface area contributed by atoms with Crippen LogP contribution in [0.1, 0.15) is 142 Å². The van der Waals surface area contributed by atoms with Crippen LogP contribution in [0.4, 0.5) is 0 Å². The minimum absolute atomic E-state index is 0. The molecular formula is C62H105I3O26. The highest BCUT2D eigenvalue weighted by Crippen LogP contribution is 2.42. The van der Waals surface area contributed by atoms with Gasteiger partial charge in [0.05, 0.1) is 43.7 Å². The van der Waals surface area contributed by atoms with Crippen molar-refractivity contribution in [3.05, 3.63) is 25.3 Å². The van der Waals surface area contributed by atoms with Crippen molar-refractivity contribution in [2.75, 3.05) is 13.2 Å². The first kappa shape index (κ1) is 85.5. The molecule has 6 fully saturated rings. The van der Waals surface area contributed by atoms with Crippen LogP contribution in [0.2, 0.25) is 0 Å². The molecule has 6 heterocycles. The number of hydrogen-bond donors (Lipinski definition) is 7. The van der Waals surface area contributed by atoms with Gasteiger partial charge in [-0.3, -0.25) is 24.0 Å². The Kier molecular flexibility index (Phi) is 39.1. The van der Waals surface area contributed by atoms with Gasteiger partial charge in [0.2, 0.25) is 6.29 Å². The molecule has 26 nitrogen and oxygen atoms in total. The Morgan fingerprint density at radius 2 is 0.681 bits per heavy atom. The van der Waals surface area contributed by atoms with Gasteiger partial charge >= 0.3 is 29.8 Å². The number of aliphatic hydroxyl groups excluding tert-OH is 7. The molecule has 0 spiro atoms. The van der Waals surface area contributed by atoms with Gasteiger partial charge in [-0.25, -0.2) is 0 Å². The average molecular weight is 1650 g/mol. The van der Waals surface area contributed by atoms with Crippen molar-refractivity contribution < 1.29 is 126 Å². The predicted octanol–water partition coefficient (Wildman–Crippen LogP) is 5.63. The fraction of sp³-hybridized carbons (Fsp3) is 0.855. The van der Waals surface area contributed by atoms with E-state index < -0.39 is 154 Å².